The summed E-state index contributed by atoms with van der Waals surface area (Å²) >= 11 is 0. The first kappa shape index (κ1) is 28.1. The number of rotatable bonds is 15. The summed E-state index contributed by atoms with van der Waals surface area (Å²) in [5.74, 6) is 2.26. The number of hydrogen-bond acceptors (Lipinski definition) is 4. The summed E-state index contributed by atoms with van der Waals surface area (Å²) < 4.78 is 13.0. The molecule has 1 amide bonds. The smallest absolute Gasteiger partial charge is 0.277 e. The quantitative estimate of drug-likeness (QED) is 0.146. The lowest BCUT2D eigenvalue weighted by Gasteiger charge is -2.31. The molecule has 190 valence electrons. The van der Waals surface area contributed by atoms with Crippen molar-refractivity contribution in [1.29, 1.82) is 0 Å². The zero-order chi connectivity index (χ0) is 25.8. The molecule has 0 bridgehead atoms. The monoisotopic (exact) mass is 481 g/mol. The lowest BCUT2D eigenvalue weighted by Crippen LogP contribution is -2.49. The average Bonchev–Trinajstić information content (AvgIpc) is 2.83. The van der Waals surface area contributed by atoms with Crippen LogP contribution in [0.2, 0.25) is 0 Å². The molecule has 0 atom stereocenters. The van der Waals surface area contributed by atoms with Crippen LogP contribution in [0.3, 0.4) is 0 Å². The molecule has 0 unspecified atom stereocenters. The van der Waals surface area contributed by atoms with E-state index in [1.54, 1.807) is 24.3 Å². The molecule has 0 N–H and O–H groups in total. The first-order valence-electron chi connectivity index (χ1n) is 12.5. The number of benzene rings is 2. The van der Waals surface area contributed by atoms with E-state index in [9.17, 15) is 9.59 Å². The van der Waals surface area contributed by atoms with E-state index in [-0.39, 0.29) is 11.7 Å². The summed E-state index contributed by atoms with van der Waals surface area (Å²) in [7, 11) is 4.16. The van der Waals surface area contributed by atoms with Gasteiger partial charge in [-0.3, -0.25) is 9.59 Å². The number of carbonyl (C=O) groups excluding carboxylic acids is 2. The van der Waals surface area contributed by atoms with Crippen molar-refractivity contribution >= 4 is 11.7 Å². The molecule has 0 aromatic heterocycles. The summed E-state index contributed by atoms with van der Waals surface area (Å²) in [6.45, 7) is 13.0. The molecule has 0 saturated carbocycles. The fourth-order valence-electron chi connectivity index (χ4n) is 3.95. The lowest BCUT2D eigenvalue weighted by atomic mass is 10.1. The van der Waals surface area contributed by atoms with Gasteiger partial charge in [0.15, 0.2) is 23.8 Å². The highest BCUT2D eigenvalue weighted by molar-refractivity contribution is 5.95. The Morgan fingerprint density at radius 2 is 1.71 bits per heavy atom. The Hall–Kier alpha value is -3.12. The van der Waals surface area contributed by atoms with Gasteiger partial charge in [0.1, 0.15) is 5.75 Å². The molecule has 35 heavy (non-hydrogen) atoms. The molecule has 0 radical (unpaired) electrons. The van der Waals surface area contributed by atoms with Crippen LogP contribution in [-0.4, -0.2) is 68.0 Å². The second kappa shape index (κ2) is 13.7. The minimum absolute atomic E-state index is 0.105. The number of quaternary nitrogens is 1. The normalized spacial score (nSPS) is 11.1. The van der Waals surface area contributed by atoms with Gasteiger partial charge in [-0.25, -0.2) is 0 Å². The highest BCUT2D eigenvalue weighted by Gasteiger charge is 2.23. The molecule has 6 nitrogen and oxygen atoms in total. The van der Waals surface area contributed by atoms with Gasteiger partial charge in [0.2, 0.25) is 0 Å². The Morgan fingerprint density at radius 3 is 2.31 bits per heavy atom. The van der Waals surface area contributed by atoms with Crippen LogP contribution >= 0.6 is 0 Å². The van der Waals surface area contributed by atoms with Crippen LogP contribution in [0.4, 0.5) is 0 Å². The third-order valence-electron chi connectivity index (χ3n) is 5.98. The number of ether oxygens (including phenoxy) is 2. The van der Waals surface area contributed by atoms with Crippen molar-refractivity contribution in [2.24, 2.45) is 0 Å². The molecule has 0 saturated heterocycles. The van der Waals surface area contributed by atoms with Crippen molar-refractivity contribution in [2.45, 2.75) is 40.0 Å². The highest BCUT2D eigenvalue weighted by Crippen LogP contribution is 2.35. The maximum Gasteiger partial charge on any atom is 0.277 e. The lowest BCUT2D eigenvalue weighted by molar-refractivity contribution is -0.882. The number of para-hydroxylation sites is 1. The van der Waals surface area contributed by atoms with E-state index >= 15 is 0 Å². The van der Waals surface area contributed by atoms with E-state index in [4.69, 9.17) is 9.47 Å². The van der Waals surface area contributed by atoms with Crippen molar-refractivity contribution in [3.8, 4) is 17.2 Å². The molecule has 0 fully saturated rings. The Labute approximate surface area is 210 Å². The van der Waals surface area contributed by atoms with E-state index in [2.05, 4.69) is 20.7 Å². The second-order valence-corrected chi connectivity index (χ2v) is 9.23. The molecule has 2 aromatic carbocycles. The fourth-order valence-corrected chi connectivity index (χ4v) is 3.95. The van der Waals surface area contributed by atoms with E-state index in [0.717, 1.165) is 31.6 Å². The molecule has 0 spiro atoms. The standard InChI is InChI=1S/C29H41N2O4/c1-7-13-24-14-11-15-27(35-25-18-16-23(17-19-25)26(32)8-2)29(24)34-21-12-20-31(5,6)22-28(33)30(9-3)10-4/h7,11,14-19H,1,8-10,12-13,20-22H2,2-6H3/q+1. The summed E-state index contributed by atoms with van der Waals surface area (Å²) in [5, 5.41) is 0. The number of carbonyl (C=O) groups is 2. The Bertz CT molecular complexity index is 979. The van der Waals surface area contributed by atoms with Crippen LogP contribution in [0.1, 0.15) is 49.5 Å². The van der Waals surface area contributed by atoms with E-state index in [1.165, 1.54) is 0 Å². The number of Topliss-reactive ketones (excluding diaryl/α,β-unsaturated/α-hetero) is 1. The van der Waals surface area contributed by atoms with Gasteiger partial charge in [-0.2, -0.15) is 0 Å². The zero-order valence-electron chi connectivity index (χ0n) is 22.0. The first-order chi connectivity index (χ1) is 16.7. The largest absolute Gasteiger partial charge is 0.489 e. The number of amides is 1. The first-order valence-corrected chi connectivity index (χ1v) is 12.5. The van der Waals surface area contributed by atoms with Crippen molar-refractivity contribution in [3.63, 3.8) is 0 Å². The predicted molar refractivity (Wildman–Crippen MR) is 141 cm³/mol. The SMILES string of the molecule is C=CCc1cccc(Oc2ccc(C(=O)CC)cc2)c1OCCC[N+](C)(C)CC(=O)N(CC)CC. The van der Waals surface area contributed by atoms with Crippen molar-refractivity contribution in [2.75, 3.05) is 46.9 Å². The van der Waals surface area contributed by atoms with Crippen LogP contribution in [0.25, 0.3) is 0 Å². The van der Waals surface area contributed by atoms with Crippen molar-refractivity contribution in [3.05, 3.63) is 66.2 Å². The highest BCUT2D eigenvalue weighted by atomic mass is 16.5. The Balaban J connectivity index is 2.06. The summed E-state index contributed by atoms with van der Waals surface area (Å²) in [6, 6.07) is 13.0. The molecule has 0 aliphatic carbocycles. The van der Waals surface area contributed by atoms with E-state index in [1.807, 2.05) is 49.9 Å². The number of likely N-dealkylation sites (N-methyl/N-ethyl adjacent to an activating group) is 2. The molecule has 0 heterocycles. The molecular formula is C29H41N2O4+. The maximum absolute atomic E-state index is 12.5. The van der Waals surface area contributed by atoms with Crippen LogP contribution in [0.5, 0.6) is 17.2 Å². The average molecular weight is 482 g/mol. The molecule has 6 heteroatoms. The van der Waals surface area contributed by atoms with Crippen LogP contribution in [-0.2, 0) is 11.2 Å². The van der Waals surface area contributed by atoms with Crippen LogP contribution in [0.15, 0.2) is 55.1 Å². The number of allylic oxidation sites excluding steroid dienone is 1. The maximum atomic E-state index is 12.5. The third-order valence-corrected chi connectivity index (χ3v) is 5.98. The number of nitrogens with zero attached hydrogens (tertiary/aromatic N) is 2. The van der Waals surface area contributed by atoms with Gasteiger partial charge in [0.05, 0.1) is 27.2 Å². The van der Waals surface area contributed by atoms with Gasteiger partial charge in [-0.05, 0) is 50.6 Å². The summed E-state index contributed by atoms with van der Waals surface area (Å²) in [5.41, 5.74) is 1.68. The van der Waals surface area contributed by atoms with E-state index < -0.39 is 0 Å². The van der Waals surface area contributed by atoms with Gasteiger partial charge >= 0.3 is 0 Å². The molecule has 2 aromatic rings. The van der Waals surface area contributed by atoms with Crippen LogP contribution < -0.4 is 9.47 Å². The van der Waals surface area contributed by atoms with Crippen LogP contribution in [0, 0.1) is 0 Å². The molecular weight excluding hydrogens is 440 g/mol. The molecule has 2 rings (SSSR count). The fraction of sp³-hybridized carbons (Fsp3) is 0.448. The predicted octanol–water partition coefficient (Wildman–Crippen LogP) is 5.51. The summed E-state index contributed by atoms with van der Waals surface area (Å²) in [6.07, 6.45) is 3.78. The van der Waals surface area contributed by atoms with Gasteiger partial charge in [-0.1, -0.05) is 25.1 Å². The minimum Gasteiger partial charge on any atom is -0.489 e. The topological polar surface area (TPSA) is 55.8 Å². The van der Waals surface area contributed by atoms with E-state index in [0.29, 0.717) is 53.3 Å². The van der Waals surface area contributed by atoms with Gasteiger partial charge in [0, 0.05) is 37.1 Å². The number of ketones is 1. The third kappa shape index (κ3) is 8.55. The van der Waals surface area contributed by atoms with Gasteiger partial charge < -0.3 is 18.9 Å². The second-order valence-electron chi connectivity index (χ2n) is 9.23. The van der Waals surface area contributed by atoms with Crippen molar-refractivity contribution < 1.29 is 23.5 Å². The number of hydrogen-bond donors (Lipinski definition) is 0. The zero-order valence-corrected chi connectivity index (χ0v) is 22.0. The Kier molecular flexibility index (Phi) is 11.0. The van der Waals surface area contributed by atoms with Gasteiger partial charge in [-0.15, -0.1) is 6.58 Å². The summed E-state index contributed by atoms with van der Waals surface area (Å²) in [4.78, 5) is 26.3. The molecule has 0 aliphatic rings. The van der Waals surface area contributed by atoms with Gasteiger partial charge in [0.25, 0.3) is 5.91 Å². The molecule has 0 aliphatic heterocycles. The Morgan fingerprint density at radius 1 is 1.03 bits per heavy atom. The van der Waals surface area contributed by atoms with Crippen molar-refractivity contribution in [1.82, 2.24) is 4.90 Å². The minimum atomic E-state index is 0.105.